The van der Waals surface area contributed by atoms with Crippen molar-refractivity contribution in [3.8, 4) is 5.75 Å². The zero-order chi connectivity index (χ0) is 16.6. The second-order valence-corrected chi connectivity index (χ2v) is 7.82. The number of nitrogens with zero attached hydrogens (tertiary/aromatic N) is 1. The van der Waals surface area contributed by atoms with Gasteiger partial charge in [-0.3, -0.25) is 0 Å². The molecule has 0 aliphatic carbocycles. The molecule has 0 amide bonds. The van der Waals surface area contributed by atoms with Gasteiger partial charge in [-0.05, 0) is 37.0 Å². The van der Waals surface area contributed by atoms with Crippen LogP contribution in [0.25, 0.3) is 11.0 Å². The lowest BCUT2D eigenvalue weighted by molar-refractivity contribution is 0.280. The summed E-state index contributed by atoms with van der Waals surface area (Å²) in [6, 6.07) is 6.32. The van der Waals surface area contributed by atoms with Gasteiger partial charge in [-0.25, -0.2) is 13.2 Å². The predicted octanol–water partition coefficient (Wildman–Crippen LogP) is 2.22. The highest BCUT2D eigenvalue weighted by molar-refractivity contribution is 7.89. The van der Waals surface area contributed by atoms with Gasteiger partial charge in [-0.15, -0.1) is 0 Å². The number of sulfonamides is 1. The van der Waals surface area contributed by atoms with Crippen molar-refractivity contribution in [3.63, 3.8) is 0 Å². The summed E-state index contributed by atoms with van der Waals surface area (Å²) in [5.41, 5.74) is -0.538. The molecule has 6 nitrogen and oxygen atoms in total. The molecule has 0 radical (unpaired) electrons. The van der Waals surface area contributed by atoms with Crippen LogP contribution in [0.3, 0.4) is 0 Å². The molecule has 1 aromatic carbocycles. The van der Waals surface area contributed by atoms with E-state index in [0.717, 1.165) is 12.8 Å². The third-order valence-electron chi connectivity index (χ3n) is 4.15. The lowest BCUT2D eigenvalue weighted by atomic mass is 10.0. The Balaban J connectivity index is 2.08. The highest BCUT2D eigenvalue weighted by Crippen LogP contribution is 2.25. The van der Waals surface area contributed by atoms with Gasteiger partial charge in [0.2, 0.25) is 10.0 Å². The normalized spacial score (nSPS) is 19.8. The van der Waals surface area contributed by atoms with Gasteiger partial charge >= 0.3 is 5.63 Å². The Morgan fingerprint density at radius 3 is 2.78 bits per heavy atom. The first-order chi connectivity index (χ1) is 10.9. The second kappa shape index (κ2) is 5.98. The Kier molecular flexibility index (Phi) is 4.16. The van der Waals surface area contributed by atoms with Crippen LogP contribution in [0.15, 0.2) is 38.4 Å². The standard InChI is InChI=1S/C16H19NO5S/c1-11-4-3-7-17(10-11)23(19,20)15-8-12-5-6-13(21-2)9-14(12)22-16(15)18/h5-6,8-9,11H,3-4,7,10H2,1-2H3. The molecular weight excluding hydrogens is 318 g/mol. The van der Waals surface area contributed by atoms with E-state index in [-0.39, 0.29) is 10.8 Å². The largest absolute Gasteiger partial charge is 0.497 e. The average Bonchev–Trinajstić information content (AvgIpc) is 2.53. The minimum atomic E-state index is -3.84. The summed E-state index contributed by atoms with van der Waals surface area (Å²) in [6.07, 6.45) is 1.80. The van der Waals surface area contributed by atoms with Gasteiger partial charge in [0.05, 0.1) is 7.11 Å². The SMILES string of the molecule is COc1ccc2cc(S(=O)(=O)N3CCCC(C)C3)c(=O)oc2c1. The van der Waals surface area contributed by atoms with E-state index >= 15 is 0 Å². The second-order valence-electron chi connectivity index (χ2n) is 5.91. The van der Waals surface area contributed by atoms with Crippen LogP contribution in [0.5, 0.6) is 5.75 Å². The predicted molar refractivity (Wildman–Crippen MR) is 86.2 cm³/mol. The Bertz CT molecular complexity index is 887. The van der Waals surface area contributed by atoms with Gasteiger partial charge in [-0.1, -0.05) is 6.92 Å². The Morgan fingerprint density at radius 1 is 1.30 bits per heavy atom. The van der Waals surface area contributed by atoms with Crippen LogP contribution >= 0.6 is 0 Å². The minimum Gasteiger partial charge on any atom is -0.497 e. The first kappa shape index (κ1) is 16.0. The van der Waals surface area contributed by atoms with Crippen molar-refractivity contribution in [2.45, 2.75) is 24.7 Å². The Morgan fingerprint density at radius 2 is 2.09 bits per heavy atom. The fourth-order valence-corrected chi connectivity index (χ4v) is 4.51. The van der Waals surface area contributed by atoms with Crippen molar-refractivity contribution in [1.29, 1.82) is 0 Å². The maximum atomic E-state index is 12.8. The van der Waals surface area contributed by atoms with E-state index in [0.29, 0.717) is 29.8 Å². The smallest absolute Gasteiger partial charge is 0.356 e. The van der Waals surface area contributed by atoms with Gasteiger partial charge in [0, 0.05) is 24.5 Å². The molecule has 23 heavy (non-hydrogen) atoms. The number of hydrogen-bond donors (Lipinski definition) is 0. The van der Waals surface area contributed by atoms with Gasteiger partial charge in [-0.2, -0.15) is 4.31 Å². The van der Waals surface area contributed by atoms with Crippen LogP contribution < -0.4 is 10.4 Å². The number of rotatable bonds is 3. The van der Waals surface area contributed by atoms with Crippen LogP contribution in [0.4, 0.5) is 0 Å². The van der Waals surface area contributed by atoms with Crippen molar-refractivity contribution < 1.29 is 17.6 Å². The summed E-state index contributed by atoms with van der Waals surface area (Å²) in [5.74, 6) is 0.830. The summed E-state index contributed by atoms with van der Waals surface area (Å²) in [7, 11) is -2.33. The van der Waals surface area contributed by atoms with Gasteiger partial charge < -0.3 is 9.15 Å². The van der Waals surface area contributed by atoms with E-state index in [4.69, 9.17) is 9.15 Å². The van der Waals surface area contributed by atoms with Crippen LogP contribution in [0.2, 0.25) is 0 Å². The quantitative estimate of drug-likeness (QED) is 0.803. The van der Waals surface area contributed by atoms with Crippen LogP contribution in [0.1, 0.15) is 19.8 Å². The Labute approximate surface area is 134 Å². The molecule has 1 unspecified atom stereocenters. The fourth-order valence-electron chi connectivity index (χ4n) is 2.88. The Hall–Kier alpha value is -1.86. The van der Waals surface area contributed by atoms with Crippen LogP contribution in [-0.2, 0) is 10.0 Å². The molecule has 1 saturated heterocycles. The molecule has 0 saturated carbocycles. The summed E-state index contributed by atoms with van der Waals surface area (Å²) in [6.45, 7) is 2.88. The average molecular weight is 337 g/mol. The molecule has 1 aromatic heterocycles. The van der Waals surface area contributed by atoms with E-state index in [9.17, 15) is 13.2 Å². The molecule has 1 aliphatic rings. The van der Waals surface area contributed by atoms with Crippen molar-refractivity contribution in [3.05, 3.63) is 34.7 Å². The van der Waals surface area contributed by atoms with Crippen molar-refractivity contribution >= 4 is 21.0 Å². The lowest BCUT2D eigenvalue weighted by Crippen LogP contribution is -2.40. The topological polar surface area (TPSA) is 76.8 Å². The number of fused-ring (bicyclic) bond motifs is 1. The third kappa shape index (κ3) is 2.98. The zero-order valence-electron chi connectivity index (χ0n) is 13.1. The number of hydrogen-bond acceptors (Lipinski definition) is 5. The van der Waals surface area contributed by atoms with Gasteiger partial charge in [0.15, 0.2) is 4.90 Å². The first-order valence-corrected chi connectivity index (χ1v) is 8.98. The van der Waals surface area contributed by atoms with E-state index < -0.39 is 15.6 Å². The summed E-state index contributed by atoms with van der Waals surface area (Å²) in [5, 5.41) is 0.550. The van der Waals surface area contributed by atoms with Crippen molar-refractivity contribution in [1.82, 2.24) is 4.31 Å². The summed E-state index contributed by atoms with van der Waals surface area (Å²) < 4.78 is 37.2. The highest BCUT2D eigenvalue weighted by Gasteiger charge is 2.31. The van der Waals surface area contributed by atoms with Gasteiger partial charge in [0.1, 0.15) is 11.3 Å². The van der Waals surface area contributed by atoms with E-state index in [1.54, 1.807) is 18.2 Å². The van der Waals surface area contributed by atoms with E-state index in [2.05, 4.69) is 0 Å². The van der Waals surface area contributed by atoms with Crippen LogP contribution in [-0.4, -0.2) is 32.9 Å². The maximum absolute atomic E-state index is 12.8. The lowest BCUT2D eigenvalue weighted by Gasteiger charge is -2.29. The molecule has 3 rings (SSSR count). The van der Waals surface area contributed by atoms with Crippen molar-refractivity contribution in [2.75, 3.05) is 20.2 Å². The molecule has 0 spiro atoms. The third-order valence-corrected chi connectivity index (χ3v) is 6.00. The molecule has 0 N–H and O–H groups in total. The molecule has 0 bridgehead atoms. The molecule has 2 aromatic rings. The highest BCUT2D eigenvalue weighted by atomic mass is 32.2. The number of piperidine rings is 1. The summed E-state index contributed by atoms with van der Waals surface area (Å²) >= 11 is 0. The van der Waals surface area contributed by atoms with Crippen LogP contribution in [0, 0.1) is 5.92 Å². The van der Waals surface area contributed by atoms with Gasteiger partial charge in [0.25, 0.3) is 0 Å². The van der Waals surface area contributed by atoms with E-state index in [1.165, 1.54) is 17.5 Å². The molecule has 1 fully saturated rings. The fraction of sp³-hybridized carbons (Fsp3) is 0.438. The molecule has 1 atom stereocenters. The zero-order valence-corrected chi connectivity index (χ0v) is 13.9. The molecule has 1 aliphatic heterocycles. The van der Waals surface area contributed by atoms with E-state index in [1.807, 2.05) is 6.92 Å². The number of methoxy groups -OCH3 is 1. The number of ether oxygens (including phenoxy) is 1. The first-order valence-electron chi connectivity index (χ1n) is 7.54. The minimum absolute atomic E-state index is 0.287. The maximum Gasteiger partial charge on any atom is 0.356 e. The molecule has 2 heterocycles. The molecule has 7 heteroatoms. The van der Waals surface area contributed by atoms with Crippen molar-refractivity contribution in [2.24, 2.45) is 5.92 Å². The molecule has 124 valence electrons. The summed E-state index contributed by atoms with van der Waals surface area (Å²) in [4.78, 5) is 11.9. The number of benzene rings is 1. The molecular formula is C16H19NO5S. The monoisotopic (exact) mass is 337 g/mol.